The van der Waals surface area contributed by atoms with Gasteiger partial charge >= 0.3 is 0 Å². The summed E-state index contributed by atoms with van der Waals surface area (Å²) in [6.07, 6.45) is 1.72. The van der Waals surface area contributed by atoms with Crippen LogP contribution in [0.5, 0.6) is 0 Å². The number of benzene rings is 1. The second-order valence-electron chi connectivity index (χ2n) is 4.67. The fraction of sp³-hybridized carbons (Fsp3) is 0.400. The van der Waals surface area contributed by atoms with Crippen molar-refractivity contribution in [2.75, 3.05) is 19.7 Å². The number of nitrogens with zero attached hydrogens (tertiary/aromatic N) is 1. The van der Waals surface area contributed by atoms with Crippen LogP contribution in [0.15, 0.2) is 23.6 Å². The number of nitrogens with one attached hydrogen (secondary N) is 1. The first-order valence-electron chi connectivity index (χ1n) is 6.73. The van der Waals surface area contributed by atoms with Crippen molar-refractivity contribution in [1.29, 1.82) is 0 Å². The lowest BCUT2D eigenvalue weighted by Crippen LogP contribution is -2.19. The maximum atomic E-state index is 8.69. The number of aliphatic hydroxyl groups excluding tert-OH is 1. The Balaban J connectivity index is 1.93. The molecule has 2 rings (SSSR count). The fourth-order valence-electron chi connectivity index (χ4n) is 1.89. The van der Waals surface area contributed by atoms with Gasteiger partial charge in [0.15, 0.2) is 0 Å². The quantitative estimate of drug-likeness (QED) is 0.771. The third-order valence-electron chi connectivity index (χ3n) is 3.03. The molecule has 3 nitrogen and oxygen atoms in total. The van der Waals surface area contributed by atoms with Crippen LogP contribution in [0.2, 0.25) is 5.02 Å². The lowest BCUT2D eigenvalue weighted by molar-refractivity contribution is 0.286. The Morgan fingerprint density at radius 3 is 2.95 bits per heavy atom. The Hall–Kier alpha value is -0.940. The molecule has 0 aliphatic heterocycles. The zero-order chi connectivity index (χ0) is 14.4. The average Bonchev–Trinajstić information content (AvgIpc) is 2.90. The Bertz CT molecular complexity index is 557. The van der Waals surface area contributed by atoms with Crippen LogP contribution in [0.1, 0.15) is 17.0 Å². The van der Waals surface area contributed by atoms with Gasteiger partial charge in [-0.15, -0.1) is 11.3 Å². The van der Waals surface area contributed by atoms with Crippen LogP contribution in [0, 0.1) is 6.92 Å². The van der Waals surface area contributed by atoms with Gasteiger partial charge in [-0.3, -0.25) is 0 Å². The van der Waals surface area contributed by atoms with E-state index in [1.165, 1.54) is 0 Å². The van der Waals surface area contributed by atoms with Crippen molar-refractivity contribution in [3.05, 3.63) is 39.2 Å². The van der Waals surface area contributed by atoms with E-state index in [1.54, 1.807) is 11.3 Å². The Morgan fingerprint density at radius 1 is 1.35 bits per heavy atom. The van der Waals surface area contributed by atoms with Crippen molar-refractivity contribution < 1.29 is 5.11 Å². The molecule has 0 atom stereocenters. The van der Waals surface area contributed by atoms with Crippen LogP contribution in [0.25, 0.3) is 11.3 Å². The van der Waals surface area contributed by atoms with E-state index in [2.05, 4.69) is 21.7 Å². The second-order valence-corrected chi connectivity index (χ2v) is 6.02. The smallest absolute Gasteiger partial charge is 0.0945 e. The number of rotatable bonds is 7. The zero-order valence-electron chi connectivity index (χ0n) is 11.5. The number of aryl methyl sites for hydroxylation is 1. The van der Waals surface area contributed by atoms with Gasteiger partial charge < -0.3 is 10.4 Å². The highest BCUT2D eigenvalue weighted by Crippen LogP contribution is 2.26. The summed E-state index contributed by atoms with van der Waals surface area (Å²) in [4.78, 5) is 4.66. The number of aromatic nitrogens is 1. The first kappa shape index (κ1) is 15.4. The summed E-state index contributed by atoms with van der Waals surface area (Å²) in [6.45, 7) is 3.99. The number of hydrogen-bond acceptors (Lipinski definition) is 4. The highest BCUT2D eigenvalue weighted by molar-refractivity contribution is 7.09. The number of hydrogen-bond donors (Lipinski definition) is 2. The van der Waals surface area contributed by atoms with Gasteiger partial charge in [0.25, 0.3) is 0 Å². The molecule has 0 unspecified atom stereocenters. The molecule has 1 aromatic carbocycles. The van der Waals surface area contributed by atoms with Crippen LogP contribution in [0.4, 0.5) is 0 Å². The first-order valence-corrected chi connectivity index (χ1v) is 7.99. The van der Waals surface area contributed by atoms with Crippen molar-refractivity contribution in [3.8, 4) is 11.3 Å². The first-order chi connectivity index (χ1) is 9.70. The largest absolute Gasteiger partial charge is 0.396 e. The molecule has 0 aliphatic carbocycles. The van der Waals surface area contributed by atoms with E-state index >= 15 is 0 Å². The summed E-state index contributed by atoms with van der Waals surface area (Å²) in [6, 6.07) is 6.00. The molecular weight excluding hydrogens is 292 g/mol. The van der Waals surface area contributed by atoms with E-state index < -0.39 is 0 Å². The molecule has 5 heteroatoms. The van der Waals surface area contributed by atoms with E-state index in [0.717, 1.165) is 52.8 Å². The summed E-state index contributed by atoms with van der Waals surface area (Å²) in [5.74, 6) is 0. The third kappa shape index (κ3) is 4.28. The monoisotopic (exact) mass is 310 g/mol. The molecule has 0 bridgehead atoms. The van der Waals surface area contributed by atoms with Crippen LogP contribution in [-0.4, -0.2) is 29.8 Å². The highest BCUT2D eigenvalue weighted by atomic mass is 35.5. The molecule has 0 amide bonds. The molecule has 0 aliphatic rings. The zero-order valence-corrected chi connectivity index (χ0v) is 13.1. The molecule has 2 N–H and O–H groups in total. The minimum atomic E-state index is 0.240. The third-order valence-corrected chi connectivity index (χ3v) is 4.37. The summed E-state index contributed by atoms with van der Waals surface area (Å²) in [5, 5.41) is 16.0. The lowest BCUT2D eigenvalue weighted by Gasteiger charge is -2.02. The van der Waals surface area contributed by atoms with E-state index in [-0.39, 0.29) is 6.61 Å². The Morgan fingerprint density at radius 2 is 2.20 bits per heavy atom. The van der Waals surface area contributed by atoms with Crippen molar-refractivity contribution in [2.45, 2.75) is 19.8 Å². The number of thiazole rings is 1. The van der Waals surface area contributed by atoms with Crippen molar-refractivity contribution in [2.24, 2.45) is 0 Å². The van der Waals surface area contributed by atoms with E-state index in [0.29, 0.717) is 0 Å². The maximum absolute atomic E-state index is 8.69. The fourth-order valence-corrected chi connectivity index (χ4v) is 2.81. The SMILES string of the molecule is Cc1cc(-c2csc(CCNCCCO)n2)ccc1Cl. The summed E-state index contributed by atoms with van der Waals surface area (Å²) >= 11 is 7.72. The second kappa shape index (κ2) is 7.74. The number of aliphatic hydroxyl groups is 1. The molecule has 108 valence electrons. The van der Waals surface area contributed by atoms with Gasteiger partial charge in [-0.2, -0.15) is 0 Å². The molecule has 1 heterocycles. The van der Waals surface area contributed by atoms with Gasteiger partial charge in [-0.05, 0) is 37.6 Å². The van der Waals surface area contributed by atoms with Crippen LogP contribution in [0.3, 0.4) is 0 Å². The Kier molecular flexibility index (Phi) is 5.98. The molecule has 0 spiro atoms. The van der Waals surface area contributed by atoms with Crippen molar-refractivity contribution in [1.82, 2.24) is 10.3 Å². The lowest BCUT2D eigenvalue weighted by atomic mass is 10.1. The van der Waals surface area contributed by atoms with Crippen LogP contribution in [-0.2, 0) is 6.42 Å². The molecule has 0 fully saturated rings. The van der Waals surface area contributed by atoms with E-state index in [9.17, 15) is 0 Å². The minimum absolute atomic E-state index is 0.240. The molecule has 0 saturated heterocycles. The van der Waals surface area contributed by atoms with E-state index in [1.807, 2.05) is 19.1 Å². The van der Waals surface area contributed by atoms with Crippen LogP contribution >= 0.6 is 22.9 Å². The predicted octanol–water partition coefficient (Wildman–Crippen LogP) is 3.29. The Labute approximate surface area is 128 Å². The van der Waals surface area contributed by atoms with Gasteiger partial charge in [0.2, 0.25) is 0 Å². The minimum Gasteiger partial charge on any atom is -0.396 e. The van der Waals surface area contributed by atoms with Crippen LogP contribution < -0.4 is 5.32 Å². The van der Waals surface area contributed by atoms with Crippen molar-refractivity contribution >= 4 is 22.9 Å². The molecular formula is C15H19ClN2OS. The van der Waals surface area contributed by atoms with E-state index in [4.69, 9.17) is 16.7 Å². The molecule has 1 aromatic heterocycles. The van der Waals surface area contributed by atoms with Gasteiger partial charge in [0.1, 0.15) is 0 Å². The molecule has 0 saturated carbocycles. The molecule has 20 heavy (non-hydrogen) atoms. The normalized spacial score (nSPS) is 10.9. The average molecular weight is 311 g/mol. The predicted molar refractivity (Wildman–Crippen MR) is 85.6 cm³/mol. The summed E-state index contributed by atoms with van der Waals surface area (Å²) in [5.41, 5.74) is 3.20. The van der Waals surface area contributed by atoms with Gasteiger partial charge in [0, 0.05) is 35.5 Å². The topological polar surface area (TPSA) is 45.1 Å². The maximum Gasteiger partial charge on any atom is 0.0945 e. The molecule has 2 aromatic rings. The summed E-state index contributed by atoms with van der Waals surface area (Å²) in [7, 11) is 0. The highest BCUT2D eigenvalue weighted by Gasteiger charge is 2.06. The molecule has 0 radical (unpaired) electrons. The van der Waals surface area contributed by atoms with Gasteiger partial charge in [0.05, 0.1) is 10.7 Å². The standard InChI is InChI=1S/C15H19ClN2OS/c1-11-9-12(3-4-13(11)16)14-10-20-15(18-14)5-7-17-6-2-8-19/h3-4,9-10,17,19H,2,5-8H2,1H3. The number of halogens is 1. The summed E-state index contributed by atoms with van der Waals surface area (Å²) < 4.78 is 0. The van der Waals surface area contributed by atoms with Gasteiger partial charge in [-0.25, -0.2) is 4.98 Å². The van der Waals surface area contributed by atoms with Gasteiger partial charge in [-0.1, -0.05) is 17.7 Å². The van der Waals surface area contributed by atoms with Crippen molar-refractivity contribution in [3.63, 3.8) is 0 Å².